The molecule has 0 aliphatic carbocycles. The zero-order valence-corrected chi connectivity index (χ0v) is 12.1. The summed E-state index contributed by atoms with van der Waals surface area (Å²) in [6.07, 6.45) is 6.23. The predicted octanol–water partition coefficient (Wildman–Crippen LogP) is 3.96. The number of hydrogen-bond acceptors (Lipinski definition) is 2. The van der Waals surface area contributed by atoms with Crippen molar-refractivity contribution < 1.29 is 4.74 Å². The first-order chi connectivity index (χ1) is 9.13. The maximum absolute atomic E-state index is 7.31. The molecular weight excluding hydrogens is 236 g/mol. The number of ether oxygens (including phenoxy) is 1. The molecule has 3 heteroatoms. The van der Waals surface area contributed by atoms with Crippen LogP contribution in [0.1, 0.15) is 51.5 Å². The molecule has 0 radical (unpaired) electrons. The molecule has 0 aromatic heterocycles. The highest BCUT2D eigenvalue weighted by Crippen LogP contribution is 2.14. The van der Waals surface area contributed by atoms with Gasteiger partial charge in [-0.1, -0.05) is 39.5 Å². The summed E-state index contributed by atoms with van der Waals surface area (Å²) in [6.45, 7) is 5.32. The number of hydrogen-bond donors (Lipinski definition) is 2. The summed E-state index contributed by atoms with van der Waals surface area (Å²) in [6, 6.07) is 7.38. The van der Waals surface area contributed by atoms with Crippen LogP contribution < -0.4 is 10.5 Å². The molecule has 1 atom stereocenters. The second-order valence-electron chi connectivity index (χ2n) is 5.15. The van der Waals surface area contributed by atoms with E-state index in [1.807, 2.05) is 24.3 Å². The molecule has 0 heterocycles. The van der Waals surface area contributed by atoms with Crippen molar-refractivity contribution >= 4 is 5.84 Å². The van der Waals surface area contributed by atoms with Gasteiger partial charge < -0.3 is 10.5 Å². The fraction of sp³-hybridized carbons (Fsp3) is 0.562. The minimum atomic E-state index is 0.0941. The summed E-state index contributed by atoms with van der Waals surface area (Å²) in [5.41, 5.74) is 6.13. The molecule has 0 fully saturated rings. The van der Waals surface area contributed by atoms with Crippen LogP contribution in [0.15, 0.2) is 24.3 Å². The van der Waals surface area contributed by atoms with Crippen molar-refractivity contribution in [3.63, 3.8) is 0 Å². The number of benzene rings is 1. The summed E-state index contributed by atoms with van der Waals surface area (Å²) in [4.78, 5) is 0. The number of rotatable bonds is 9. The smallest absolute Gasteiger partial charge is 0.122 e. The third-order valence-electron chi connectivity index (χ3n) is 3.47. The first kappa shape index (κ1) is 15.5. The van der Waals surface area contributed by atoms with E-state index in [1.54, 1.807) is 0 Å². The van der Waals surface area contributed by atoms with Crippen LogP contribution in [0.2, 0.25) is 0 Å². The summed E-state index contributed by atoms with van der Waals surface area (Å²) in [5, 5.41) is 7.31. The fourth-order valence-electron chi connectivity index (χ4n) is 1.90. The van der Waals surface area contributed by atoms with Gasteiger partial charge in [0.05, 0.1) is 6.61 Å². The first-order valence-corrected chi connectivity index (χ1v) is 7.20. The largest absolute Gasteiger partial charge is 0.494 e. The highest BCUT2D eigenvalue weighted by Gasteiger charge is 1.99. The van der Waals surface area contributed by atoms with Gasteiger partial charge in [0, 0.05) is 5.56 Å². The van der Waals surface area contributed by atoms with Crippen LogP contribution in [0.25, 0.3) is 0 Å². The van der Waals surface area contributed by atoms with E-state index >= 15 is 0 Å². The predicted molar refractivity (Wildman–Crippen MR) is 80.9 cm³/mol. The molecule has 19 heavy (non-hydrogen) atoms. The third-order valence-corrected chi connectivity index (χ3v) is 3.47. The number of nitrogen functional groups attached to an aromatic ring is 1. The lowest BCUT2D eigenvalue weighted by Crippen LogP contribution is -2.10. The second kappa shape index (κ2) is 8.57. The lowest BCUT2D eigenvalue weighted by molar-refractivity contribution is 0.302. The first-order valence-electron chi connectivity index (χ1n) is 7.20. The maximum Gasteiger partial charge on any atom is 0.122 e. The van der Waals surface area contributed by atoms with Crippen molar-refractivity contribution in [2.24, 2.45) is 11.7 Å². The standard InChI is InChI=1S/C16H26N2O/c1-3-13(2)7-5-4-6-12-19-15-10-8-14(9-11-15)16(17)18/h8-11,13H,3-7,12H2,1-2H3,(H3,17,18)/t13-/m0/s1. The second-order valence-corrected chi connectivity index (χ2v) is 5.15. The normalized spacial score (nSPS) is 12.1. The molecule has 0 aliphatic heterocycles. The van der Waals surface area contributed by atoms with Crippen molar-refractivity contribution in [2.45, 2.75) is 46.0 Å². The van der Waals surface area contributed by atoms with Crippen molar-refractivity contribution in [1.29, 1.82) is 5.41 Å². The Morgan fingerprint density at radius 1 is 1.21 bits per heavy atom. The van der Waals surface area contributed by atoms with E-state index in [0.717, 1.165) is 30.3 Å². The van der Waals surface area contributed by atoms with Gasteiger partial charge in [0.1, 0.15) is 11.6 Å². The number of nitrogens with one attached hydrogen (secondary N) is 1. The molecule has 1 aromatic carbocycles. The van der Waals surface area contributed by atoms with Crippen molar-refractivity contribution in [2.75, 3.05) is 6.61 Å². The Balaban J connectivity index is 2.14. The van der Waals surface area contributed by atoms with Gasteiger partial charge in [-0.15, -0.1) is 0 Å². The van der Waals surface area contributed by atoms with Crippen LogP contribution in [-0.2, 0) is 0 Å². The molecule has 0 bridgehead atoms. The van der Waals surface area contributed by atoms with Crippen LogP contribution in [-0.4, -0.2) is 12.4 Å². The Bertz CT molecular complexity index is 373. The SMILES string of the molecule is CC[C@H](C)CCCCCOc1ccc(C(=N)N)cc1. The molecule has 0 unspecified atom stereocenters. The average Bonchev–Trinajstić information content (AvgIpc) is 2.42. The van der Waals surface area contributed by atoms with Crippen molar-refractivity contribution in [1.82, 2.24) is 0 Å². The van der Waals surface area contributed by atoms with E-state index in [4.69, 9.17) is 15.9 Å². The van der Waals surface area contributed by atoms with Crippen LogP contribution in [0.3, 0.4) is 0 Å². The summed E-state index contributed by atoms with van der Waals surface area (Å²) < 4.78 is 5.66. The van der Waals surface area contributed by atoms with Crippen LogP contribution in [0, 0.1) is 11.3 Å². The monoisotopic (exact) mass is 262 g/mol. The quantitative estimate of drug-likeness (QED) is 0.402. The lowest BCUT2D eigenvalue weighted by atomic mass is 10.0. The fourth-order valence-corrected chi connectivity index (χ4v) is 1.90. The van der Waals surface area contributed by atoms with E-state index in [2.05, 4.69) is 13.8 Å². The maximum atomic E-state index is 7.31. The van der Waals surface area contributed by atoms with E-state index in [-0.39, 0.29) is 5.84 Å². The molecule has 3 nitrogen and oxygen atoms in total. The van der Waals surface area contributed by atoms with Gasteiger partial charge in [-0.2, -0.15) is 0 Å². The van der Waals surface area contributed by atoms with Gasteiger partial charge in [-0.3, -0.25) is 5.41 Å². The average molecular weight is 262 g/mol. The van der Waals surface area contributed by atoms with Crippen LogP contribution in [0.5, 0.6) is 5.75 Å². The van der Waals surface area contributed by atoms with E-state index in [9.17, 15) is 0 Å². The minimum absolute atomic E-state index is 0.0941. The molecule has 1 rings (SSSR count). The van der Waals surface area contributed by atoms with Gasteiger partial charge >= 0.3 is 0 Å². The molecule has 0 amide bonds. The summed E-state index contributed by atoms with van der Waals surface area (Å²) in [5.74, 6) is 1.79. The molecule has 0 saturated carbocycles. The molecule has 1 aromatic rings. The highest BCUT2D eigenvalue weighted by atomic mass is 16.5. The van der Waals surface area contributed by atoms with Crippen molar-refractivity contribution in [3.05, 3.63) is 29.8 Å². The van der Waals surface area contributed by atoms with Crippen LogP contribution in [0.4, 0.5) is 0 Å². The lowest BCUT2D eigenvalue weighted by Gasteiger charge is -2.09. The number of nitrogens with two attached hydrogens (primary N) is 1. The van der Waals surface area contributed by atoms with E-state index < -0.39 is 0 Å². The molecule has 0 spiro atoms. The van der Waals surface area contributed by atoms with E-state index in [1.165, 1.54) is 25.7 Å². The Hall–Kier alpha value is -1.51. The van der Waals surface area contributed by atoms with Crippen LogP contribution >= 0.6 is 0 Å². The van der Waals surface area contributed by atoms with Gasteiger partial charge in [-0.05, 0) is 36.6 Å². The molecule has 0 aliphatic rings. The third kappa shape index (κ3) is 6.27. The molecular formula is C16H26N2O. The number of amidine groups is 1. The van der Waals surface area contributed by atoms with Gasteiger partial charge in [0.15, 0.2) is 0 Å². The molecule has 106 valence electrons. The van der Waals surface area contributed by atoms with E-state index in [0.29, 0.717) is 0 Å². The highest BCUT2D eigenvalue weighted by molar-refractivity contribution is 5.94. The Labute approximate surface area is 116 Å². The zero-order chi connectivity index (χ0) is 14.1. The Morgan fingerprint density at radius 3 is 2.47 bits per heavy atom. The number of unbranched alkanes of at least 4 members (excludes halogenated alkanes) is 2. The van der Waals surface area contributed by atoms with Crippen molar-refractivity contribution in [3.8, 4) is 5.75 Å². The Morgan fingerprint density at radius 2 is 1.89 bits per heavy atom. The zero-order valence-electron chi connectivity index (χ0n) is 12.1. The summed E-state index contributed by atoms with van der Waals surface area (Å²) >= 11 is 0. The minimum Gasteiger partial charge on any atom is -0.494 e. The molecule has 3 N–H and O–H groups in total. The molecule has 0 saturated heterocycles. The van der Waals surface area contributed by atoms with Gasteiger partial charge in [0.25, 0.3) is 0 Å². The van der Waals surface area contributed by atoms with Gasteiger partial charge in [-0.25, -0.2) is 0 Å². The van der Waals surface area contributed by atoms with Gasteiger partial charge in [0.2, 0.25) is 0 Å². The Kier molecular flexibility index (Phi) is 7.01. The summed E-state index contributed by atoms with van der Waals surface area (Å²) in [7, 11) is 0. The topological polar surface area (TPSA) is 59.1 Å².